The molecule has 1 saturated heterocycles. The van der Waals surface area contributed by atoms with Crippen molar-refractivity contribution in [1.82, 2.24) is 14.9 Å². The first kappa shape index (κ1) is 22.0. The Labute approximate surface area is 187 Å². The van der Waals surface area contributed by atoms with E-state index in [-0.39, 0.29) is 0 Å². The number of methoxy groups -OCH3 is 1. The molecule has 32 heavy (non-hydrogen) atoms. The third kappa shape index (κ3) is 4.52. The average molecular weight is 441 g/mol. The standard InChI is InChI=1S/C23H28N4O5/c1-23(2,3)32-22(29)27-7-5-6-18(27)16-12-15(21(28)30-4)13-17-20(16)25-19(14-24-17)26-8-10-31-11-9-26/h5-6,12-14,18H,7-11H2,1-4H3. The summed E-state index contributed by atoms with van der Waals surface area (Å²) >= 11 is 0. The summed E-state index contributed by atoms with van der Waals surface area (Å²) in [6.45, 7) is 8.61. The number of aromatic nitrogens is 2. The van der Waals surface area contributed by atoms with Crippen LogP contribution in [0.25, 0.3) is 11.0 Å². The van der Waals surface area contributed by atoms with Gasteiger partial charge in [0.05, 0.1) is 49.2 Å². The number of hydrogen-bond donors (Lipinski definition) is 0. The van der Waals surface area contributed by atoms with E-state index in [4.69, 9.17) is 19.2 Å². The van der Waals surface area contributed by atoms with Crippen molar-refractivity contribution in [2.24, 2.45) is 0 Å². The van der Waals surface area contributed by atoms with Crippen LogP contribution in [0.3, 0.4) is 0 Å². The monoisotopic (exact) mass is 440 g/mol. The Morgan fingerprint density at radius 2 is 1.94 bits per heavy atom. The van der Waals surface area contributed by atoms with E-state index < -0.39 is 23.7 Å². The maximum atomic E-state index is 12.9. The van der Waals surface area contributed by atoms with Gasteiger partial charge in [-0.05, 0) is 32.9 Å². The van der Waals surface area contributed by atoms with Gasteiger partial charge in [-0.3, -0.25) is 9.88 Å². The fourth-order valence-electron chi connectivity index (χ4n) is 3.84. The van der Waals surface area contributed by atoms with Crippen LogP contribution < -0.4 is 4.90 Å². The van der Waals surface area contributed by atoms with Crippen molar-refractivity contribution in [1.29, 1.82) is 0 Å². The van der Waals surface area contributed by atoms with Crippen LogP contribution in [0.15, 0.2) is 30.5 Å². The molecule has 0 N–H and O–H groups in total. The van der Waals surface area contributed by atoms with Gasteiger partial charge in [-0.15, -0.1) is 0 Å². The zero-order chi connectivity index (χ0) is 22.9. The van der Waals surface area contributed by atoms with E-state index in [0.717, 1.165) is 18.9 Å². The molecule has 1 atom stereocenters. The van der Waals surface area contributed by atoms with Gasteiger partial charge >= 0.3 is 12.1 Å². The number of fused-ring (bicyclic) bond motifs is 1. The molecule has 2 aliphatic heterocycles. The van der Waals surface area contributed by atoms with Crippen LogP contribution in [-0.2, 0) is 14.2 Å². The van der Waals surface area contributed by atoms with Crippen molar-refractivity contribution in [3.05, 3.63) is 41.6 Å². The van der Waals surface area contributed by atoms with Crippen molar-refractivity contribution in [3.63, 3.8) is 0 Å². The van der Waals surface area contributed by atoms with Crippen molar-refractivity contribution < 1.29 is 23.8 Å². The van der Waals surface area contributed by atoms with Crippen LogP contribution in [0.1, 0.15) is 42.7 Å². The molecular weight excluding hydrogens is 412 g/mol. The van der Waals surface area contributed by atoms with Crippen molar-refractivity contribution >= 4 is 28.9 Å². The molecule has 4 rings (SSSR count). The largest absolute Gasteiger partial charge is 0.465 e. The minimum Gasteiger partial charge on any atom is -0.465 e. The molecule has 2 aliphatic rings. The average Bonchev–Trinajstić information content (AvgIpc) is 3.27. The molecule has 0 saturated carbocycles. The van der Waals surface area contributed by atoms with Crippen LogP contribution in [0.2, 0.25) is 0 Å². The number of benzene rings is 1. The maximum Gasteiger partial charge on any atom is 0.411 e. The second kappa shape index (κ2) is 8.74. The van der Waals surface area contributed by atoms with E-state index in [1.807, 2.05) is 32.9 Å². The number of ether oxygens (including phenoxy) is 3. The second-order valence-corrected chi connectivity index (χ2v) is 8.76. The van der Waals surface area contributed by atoms with Crippen molar-refractivity contribution in [3.8, 4) is 0 Å². The molecule has 1 fully saturated rings. The van der Waals surface area contributed by atoms with E-state index in [1.54, 1.807) is 23.2 Å². The molecule has 0 aliphatic carbocycles. The third-order valence-electron chi connectivity index (χ3n) is 5.32. The molecule has 9 nitrogen and oxygen atoms in total. The molecule has 0 spiro atoms. The number of carbonyl (C=O) groups is 2. The van der Waals surface area contributed by atoms with E-state index in [1.165, 1.54) is 7.11 Å². The van der Waals surface area contributed by atoms with Crippen LogP contribution >= 0.6 is 0 Å². The van der Waals surface area contributed by atoms with Crippen LogP contribution in [-0.4, -0.2) is 72.5 Å². The molecular formula is C23H28N4O5. The first-order chi connectivity index (χ1) is 15.3. The smallest absolute Gasteiger partial charge is 0.411 e. The Morgan fingerprint density at radius 3 is 2.62 bits per heavy atom. The summed E-state index contributed by atoms with van der Waals surface area (Å²) in [5.74, 6) is 0.261. The summed E-state index contributed by atoms with van der Waals surface area (Å²) in [6, 6.07) is 2.95. The minimum atomic E-state index is -0.622. The summed E-state index contributed by atoms with van der Waals surface area (Å²) in [6.07, 6.45) is 5.10. The summed E-state index contributed by atoms with van der Waals surface area (Å²) in [4.78, 5) is 38.4. The molecule has 0 bridgehead atoms. The third-order valence-corrected chi connectivity index (χ3v) is 5.32. The van der Waals surface area contributed by atoms with Crippen LogP contribution in [0, 0.1) is 0 Å². The Balaban J connectivity index is 1.80. The van der Waals surface area contributed by atoms with E-state index in [2.05, 4.69) is 9.88 Å². The van der Waals surface area contributed by atoms with E-state index in [0.29, 0.717) is 41.9 Å². The number of nitrogens with zero attached hydrogens (tertiary/aromatic N) is 4. The Hall–Kier alpha value is -3.20. The quantitative estimate of drug-likeness (QED) is 0.531. The highest BCUT2D eigenvalue weighted by atomic mass is 16.6. The van der Waals surface area contributed by atoms with Crippen molar-refractivity contribution in [2.75, 3.05) is 44.9 Å². The molecule has 1 aromatic carbocycles. The Bertz CT molecular complexity index is 1060. The highest BCUT2D eigenvalue weighted by molar-refractivity contribution is 5.95. The highest BCUT2D eigenvalue weighted by Gasteiger charge is 2.32. The number of hydrogen-bond acceptors (Lipinski definition) is 8. The lowest BCUT2D eigenvalue weighted by Crippen LogP contribution is -2.37. The zero-order valence-corrected chi connectivity index (χ0v) is 18.8. The molecule has 9 heteroatoms. The molecule has 1 amide bonds. The maximum absolute atomic E-state index is 12.9. The number of carbonyl (C=O) groups excluding carboxylic acids is 2. The first-order valence-corrected chi connectivity index (χ1v) is 10.6. The van der Waals surface area contributed by atoms with Crippen LogP contribution in [0.4, 0.5) is 10.6 Å². The van der Waals surface area contributed by atoms with Gasteiger partial charge in [0, 0.05) is 25.2 Å². The molecule has 170 valence electrons. The van der Waals surface area contributed by atoms with E-state index in [9.17, 15) is 9.59 Å². The summed E-state index contributed by atoms with van der Waals surface area (Å²) < 4.78 is 16.0. The molecule has 0 radical (unpaired) electrons. The van der Waals surface area contributed by atoms with Gasteiger partial charge in [-0.2, -0.15) is 0 Å². The van der Waals surface area contributed by atoms with Gasteiger partial charge in [0.2, 0.25) is 0 Å². The zero-order valence-electron chi connectivity index (χ0n) is 18.8. The van der Waals surface area contributed by atoms with Gasteiger partial charge in [0.1, 0.15) is 11.4 Å². The normalized spacial score (nSPS) is 18.8. The number of rotatable bonds is 3. The topological polar surface area (TPSA) is 94.1 Å². The SMILES string of the molecule is COC(=O)c1cc(C2C=CCN2C(=O)OC(C)(C)C)c2nc(N3CCOCC3)cnc2c1. The number of morpholine rings is 1. The predicted octanol–water partition coefficient (Wildman–Crippen LogP) is 3.10. The van der Waals surface area contributed by atoms with Gasteiger partial charge < -0.3 is 19.1 Å². The van der Waals surface area contributed by atoms with Crippen LogP contribution in [0.5, 0.6) is 0 Å². The fraction of sp³-hybridized carbons (Fsp3) is 0.478. The molecule has 1 aromatic heterocycles. The minimum absolute atomic E-state index is 0.355. The number of anilines is 1. The number of amides is 1. The summed E-state index contributed by atoms with van der Waals surface area (Å²) in [5, 5.41) is 0. The lowest BCUT2D eigenvalue weighted by molar-refractivity contribution is 0.0241. The summed E-state index contributed by atoms with van der Waals surface area (Å²) in [5.41, 5.74) is 1.62. The van der Waals surface area contributed by atoms with Gasteiger partial charge in [-0.1, -0.05) is 12.2 Å². The Kier molecular flexibility index (Phi) is 6.01. The molecule has 1 unspecified atom stereocenters. The second-order valence-electron chi connectivity index (χ2n) is 8.76. The number of esters is 1. The van der Waals surface area contributed by atoms with Crippen molar-refractivity contribution in [2.45, 2.75) is 32.4 Å². The lowest BCUT2D eigenvalue weighted by atomic mass is 10.0. The lowest BCUT2D eigenvalue weighted by Gasteiger charge is -2.30. The van der Waals surface area contributed by atoms with Gasteiger partial charge in [0.25, 0.3) is 0 Å². The van der Waals surface area contributed by atoms with Gasteiger partial charge in [-0.25, -0.2) is 14.6 Å². The fourth-order valence-corrected chi connectivity index (χ4v) is 3.84. The van der Waals surface area contributed by atoms with E-state index >= 15 is 0 Å². The predicted molar refractivity (Wildman–Crippen MR) is 119 cm³/mol. The Morgan fingerprint density at radius 1 is 1.19 bits per heavy atom. The summed E-state index contributed by atoms with van der Waals surface area (Å²) in [7, 11) is 1.34. The molecule has 2 aromatic rings. The van der Waals surface area contributed by atoms with Gasteiger partial charge in [0.15, 0.2) is 0 Å². The molecule has 3 heterocycles. The highest BCUT2D eigenvalue weighted by Crippen LogP contribution is 2.34. The first-order valence-electron chi connectivity index (χ1n) is 10.6.